The monoisotopic (exact) mass is 337 g/mol. The number of hydrogen-bond acceptors (Lipinski definition) is 4. The number of sulfonamides is 1. The largest absolute Gasteiger partial charge is 0.480 e. The van der Waals surface area contributed by atoms with E-state index in [0.717, 1.165) is 4.47 Å². The first kappa shape index (κ1) is 15.1. The number of carbonyl (C=O) groups is 1. The van der Waals surface area contributed by atoms with Gasteiger partial charge in [0, 0.05) is 11.6 Å². The van der Waals surface area contributed by atoms with Gasteiger partial charge in [0.05, 0.1) is 11.5 Å². The number of rotatable bonds is 6. The number of halogens is 1. The van der Waals surface area contributed by atoms with Gasteiger partial charge in [0.15, 0.2) is 0 Å². The third-order valence-electron chi connectivity index (χ3n) is 2.05. The zero-order valence-corrected chi connectivity index (χ0v) is 11.9. The molecule has 1 unspecified atom stereocenters. The first-order chi connectivity index (χ1) is 8.36. The molecule has 0 bridgehead atoms. The van der Waals surface area contributed by atoms with E-state index >= 15 is 0 Å². The summed E-state index contributed by atoms with van der Waals surface area (Å²) >= 11 is 3.18. The molecule has 0 aliphatic heterocycles. The molecule has 0 aliphatic rings. The lowest BCUT2D eigenvalue weighted by molar-refractivity contribution is -0.140. The molecular formula is C10H12BrNO5S. The van der Waals surface area contributed by atoms with Crippen molar-refractivity contribution in [2.45, 2.75) is 10.9 Å². The quantitative estimate of drug-likeness (QED) is 0.801. The summed E-state index contributed by atoms with van der Waals surface area (Å²) in [5.41, 5.74) is 0. The standard InChI is InChI=1S/C10H12BrNO5S/c1-17-6-9(10(13)14)12-18(15,16)8-4-2-7(11)3-5-8/h2-5,9,12H,6H2,1H3,(H,13,14). The summed E-state index contributed by atoms with van der Waals surface area (Å²) in [7, 11) is -2.58. The normalized spacial score (nSPS) is 13.2. The number of methoxy groups -OCH3 is 1. The Bertz CT molecular complexity index is 514. The highest BCUT2D eigenvalue weighted by molar-refractivity contribution is 9.10. The van der Waals surface area contributed by atoms with Crippen LogP contribution in [0, 0.1) is 0 Å². The molecule has 1 aromatic carbocycles. The molecule has 0 spiro atoms. The second-order valence-electron chi connectivity index (χ2n) is 3.42. The summed E-state index contributed by atoms with van der Waals surface area (Å²) in [6.07, 6.45) is 0. The van der Waals surface area contributed by atoms with E-state index in [-0.39, 0.29) is 11.5 Å². The van der Waals surface area contributed by atoms with Crippen molar-refractivity contribution in [3.63, 3.8) is 0 Å². The molecule has 0 heterocycles. The smallest absolute Gasteiger partial charge is 0.324 e. The van der Waals surface area contributed by atoms with Gasteiger partial charge in [0.2, 0.25) is 10.0 Å². The third-order valence-corrected chi connectivity index (χ3v) is 4.07. The Morgan fingerprint density at radius 2 is 2.00 bits per heavy atom. The fourth-order valence-corrected chi connectivity index (χ4v) is 2.63. The van der Waals surface area contributed by atoms with E-state index in [9.17, 15) is 13.2 Å². The van der Waals surface area contributed by atoms with Crippen molar-refractivity contribution in [1.29, 1.82) is 0 Å². The van der Waals surface area contributed by atoms with E-state index in [1.165, 1.54) is 19.2 Å². The Labute approximate surface area is 113 Å². The molecule has 2 N–H and O–H groups in total. The van der Waals surface area contributed by atoms with Crippen LogP contribution in [0.2, 0.25) is 0 Å². The van der Waals surface area contributed by atoms with Crippen molar-refractivity contribution in [3.05, 3.63) is 28.7 Å². The van der Waals surface area contributed by atoms with Gasteiger partial charge in [0.25, 0.3) is 0 Å². The lowest BCUT2D eigenvalue weighted by Crippen LogP contribution is -2.43. The van der Waals surface area contributed by atoms with Crippen molar-refractivity contribution in [2.24, 2.45) is 0 Å². The number of hydrogen-bond donors (Lipinski definition) is 2. The first-order valence-corrected chi connectivity index (χ1v) is 7.14. The van der Waals surface area contributed by atoms with Crippen molar-refractivity contribution in [1.82, 2.24) is 4.72 Å². The van der Waals surface area contributed by atoms with E-state index in [1.54, 1.807) is 12.1 Å². The van der Waals surface area contributed by atoms with Gasteiger partial charge in [-0.3, -0.25) is 4.79 Å². The van der Waals surface area contributed by atoms with Crippen molar-refractivity contribution < 1.29 is 23.1 Å². The summed E-state index contributed by atoms with van der Waals surface area (Å²) in [4.78, 5) is 10.8. The fourth-order valence-electron chi connectivity index (χ4n) is 1.19. The second kappa shape index (κ2) is 6.28. The predicted octanol–water partition coefficient (Wildman–Crippen LogP) is 0.827. The highest BCUT2D eigenvalue weighted by Crippen LogP contribution is 2.14. The van der Waals surface area contributed by atoms with Gasteiger partial charge in [0.1, 0.15) is 6.04 Å². The molecule has 8 heteroatoms. The van der Waals surface area contributed by atoms with Crippen LogP contribution >= 0.6 is 15.9 Å². The van der Waals surface area contributed by atoms with Gasteiger partial charge in [-0.15, -0.1) is 0 Å². The Kier molecular flexibility index (Phi) is 5.27. The zero-order chi connectivity index (χ0) is 13.8. The number of carboxylic acids is 1. The van der Waals surface area contributed by atoms with Crippen LogP contribution in [0.3, 0.4) is 0 Å². The molecular weight excluding hydrogens is 326 g/mol. The summed E-state index contributed by atoms with van der Waals surface area (Å²) in [5.74, 6) is -1.29. The topological polar surface area (TPSA) is 92.7 Å². The Morgan fingerprint density at radius 1 is 1.44 bits per heavy atom. The molecule has 100 valence electrons. The summed E-state index contributed by atoms with van der Waals surface area (Å²) < 4.78 is 31.2. The lowest BCUT2D eigenvalue weighted by atomic mass is 10.3. The van der Waals surface area contributed by atoms with Gasteiger partial charge < -0.3 is 9.84 Å². The van der Waals surface area contributed by atoms with Crippen LogP contribution in [-0.4, -0.2) is 39.3 Å². The van der Waals surface area contributed by atoms with Crippen LogP contribution in [0.25, 0.3) is 0 Å². The predicted molar refractivity (Wildman–Crippen MR) is 67.8 cm³/mol. The summed E-state index contributed by atoms with van der Waals surface area (Å²) in [6, 6.07) is 4.54. The maximum absolute atomic E-state index is 11.9. The van der Waals surface area contributed by atoms with Gasteiger partial charge >= 0.3 is 5.97 Å². The van der Waals surface area contributed by atoms with Gasteiger partial charge in [-0.1, -0.05) is 15.9 Å². The van der Waals surface area contributed by atoms with Gasteiger partial charge in [-0.2, -0.15) is 4.72 Å². The maximum Gasteiger partial charge on any atom is 0.324 e. The van der Waals surface area contributed by atoms with Gasteiger partial charge in [-0.25, -0.2) is 8.42 Å². The molecule has 0 aromatic heterocycles. The number of aliphatic carboxylic acids is 1. The van der Waals surface area contributed by atoms with Crippen LogP contribution in [0.1, 0.15) is 0 Å². The highest BCUT2D eigenvalue weighted by atomic mass is 79.9. The minimum atomic E-state index is -3.88. The van der Waals surface area contributed by atoms with E-state index in [4.69, 9.17) is 5.11 Å². The van der Waals surface area contributed by atoms with E-state index in [1.807, 2.05) is 0 Å². The molecule has 0 radical (unpaired) electrons. The lowest BCUT2D eigenvalue weighted by Gasteiger charge is -2.13. The Hall–Kier alpha value is -0.960. The van der Waals surface area contributed by atoms with Crippen LogP contribution in [-0.2, 0) is 19.6 Å². The zero-order valence-electron chi connectivity index (χ0n) is 9.46. The van der Waals surface area contributed by atoms with Crippen LogP contribution in [0.5, 0.6) is 0 Å². The van der Waals surface area contributed by atoms with Crippen LogP contribution in [0.4, 0.5) is 0 Å². The molecule has 1 atom stereocenters. The van der Waals surface area contributed by atoms with Crippen molar-refractivity contribution in [2.75, 3.05) is 13.7 Å². The van der Waals surface area contributed by atoms with E-state index < -0.39 is 22.0 Å². The Morgan fingerprint density at radius 3 is 2.44 bits per heavy atom. The molecule has 0 saturated carbocycles. The van der Waals surface area contributed by atoms with E-state index in [2.05, 4.69) is 25.4 Å². The van der Waals surface area contributed by atoms with Gasteiger partial charge in [-0.05, 0) is 24.3 Å². The number of nitrogens with one attached hydrogen (secondary N) is 1. The highest BCUT2D eigenvalue weighted by Gasteiger charge is 2.25. The number of ether oxygens (including phenoxy) is 1. The first-order valence-electron chi connectivity index (χ1n) is 4.86. The molecule has 18 heavy (non-hydrogen) atoms. The van der Waals surface area contributed by atoms with Crippen molar-refractivity contribution >= 4 is 31.9 Å². The Balaban J connectivity index is 2.93. The molecule has 0 aliphatic carbocycles. The minimum absolute atomic E-state index is 0.00643. The molecule has 6 nitrogen and oxygen atoms in total. The average molecular weight is 338 g/mol. The second-order valence-corrected chi connectivity index (χ2v) is 6.05. The summed E-state index contributed by atoms with van der Waals surface area (Å²) in [6.45, 7) is -0.245. The molecule has 0 fully saturated rings. The maximum atomic E-state index is 11.9. The SMILES string of the molecule is COCC(NS(=O)(=O)c1ccc(Br)cc1)C(=O)O. The van der Waals surface area contributed by atoms with E-state index in [0.29, 0.717) is 0 Å². The minimum Gasteiger partial charge on any atom is -0.480 e. The average Bonchev–Trinajstić information content (AvgIpc) is 2.28. The number of carboxylic acid groups (broad SMARTS) is 1. The molecule has 1 aromatic rings. The summed E-state index contributed by atoms with van der Waals surface area (Å²) in [5, 5.41) is 8.84. The molecule has 0 saturated heterocycles. The van der Waals surface area contributed by atoms with Crippen LogP contribution in [0.15, 0.2) is 33.6 Å². The number of benzene rings is 1. The molecule has 0 amide bonds. The fraction of sp³-hybridized carbons (Fsp3) is 0.300. The third kappa shape index (κ3) is 4.05. The van der Waals surface area contributed by atoms with Crippen LogP contribution < -0.4 is 4.72 Å². The van der Waals surface area contributed by atoms with Crippen molar-refractivity contribution in [3.8, 4) is 0 Å². The molecule has 1 rings (SSSR count).